The van der Waals surface area contributed by atoms with E-state index in [1.807, 2.05) is 0 Å². The summed E-state index contributed by atoms with van der Waals surface area (Å²) in [7, 11) is 0. The minimum absolute atomic E-state index is 0.154. The summed E-state index contributed by atoms with van der Waals surface area (Å²) in [5.74, 6) is 1.44. The van der Waals surface area contributed by atoms with Crippen molar-refractivity contribution in [3.8, 4) is 0 Å². The molecule has 1 unspecified atom stereocenters. The maximum Gasteiger partial charge on any atom is 0.0608 e. The molecular weight excluding hydrogens is 256 g/mol. The molecule has 1 N–H and O–H groups in total. The Hall–Kier alpha value is -0.820. The maximum atomic E-state index is 10.6. The fourth-order valence-electron chi connectivity index (χ4n) is 3.95. The number of unbranched alkanes of at least 4 members (excludes halogenated alkanes) is 1. The van der Waals surface area contributed by atoms with E-state index in [1.54, 1.807) is 0 Å². The van der Waals surface area contributed by atoms with Crippen LogP contribution in [-0.4, -0.2) is 11.2 Å². The Morgan fingerprint density at radius 1 is 1.05 bits per heavy atom. The molecule has 1 heteroatoms. The van der Waals surface area contributed by atoms with Crippen molar-refractivity contribution < 1.29 is 5.11 Å². The van der Waals surface area contributed by atoms with Crippen molar-refractivity contribution in [3.05, 3.63) is 34.9 Å². The molecule has 21 heavy (non-hydrogen) atoms. The molecule has 1 aromatic carbocycles. The van der Waals surface area contributed by atoms with Crippen LogP contribution < -0.4 is 0 Å². The molecule has 1 fully saturated rings. The Labute approximate surface area is 130 Å². The van der Waals surface area contributed by atoms with Gasteiger partial charge in [0.15, 0.2) is 0 Å². The largest absolute Gasteiger partial charge is 0.392 e. The van der Waals surface area contributed by atoms with Crippen molar-refractivity contribution in [2.24, 2.45) is 11.8 Å². The predicted molar refractivity (Wildman–Crippen MR) is 90.6 cm³/mol. The lowest BCUT2D eigenvalue weighted by atomic mass is 9.76. The van der Waals surface area contributed by atoms with Gasteiger partial charge in [0.2, 0.25) is 0 Å². The first-order valence-corrected chi connectivity index (χ1v) is 8.83. The molecule has 2 rings (SSSR count). The summed E-state index contributed by atoms with van der Waals surface area (Å²) in [5, 5.41) is 10.6. The fraction of sp³-hybridized carbons (Fsp3) is 0.700. The van der Waals surface area contributed by atoms with Crippen molar-refractivity contribution >= 4 is 0 Å². The van der Waals surface area contributed by atoms with Crippen molar-refractivity contribution in [2.45, 2.75) is 78.2 Å². The topological polar surface area (TPSA) is 20.2 Å². The Morgan fingerprint density at radius 2 is 1.67 bits per heavy atom. The van der Waals surface area contributed by atoms with Crippen molar-refractivity contribution in [3.63, 3.8) is 0 Å². The SMILES string of the molecule is CCCCC1CCC(C(O)Cc2cc(C)cc(C)c2)CC1. The van der Waals surface area contributed by atoms with E-state index in [-0.39, 0.29) is 6.10 Å². The van der Waals surface area contributed by atoms with Gasteiger partial charge in [-0.15, -0.1) is 0 Å². The third-order valence-electron chi connectivity index (χ3n) is 5.13. The second-order valence-electron chi connectivity index (χ2n) is 7.19. The van der Waals surface area contributed by atoms with Gasteiger partial charge in [-0.05, 0) is 50.5 Å². The molecule has 0 amide bonds. The standard InChI is InChI=1S/C20H32O/c1-4-5-6-17-7-9-19(10-8-17)20(21)14-18-12-15(2)11-16(3)13-18/h11-13,17,19-21H,4-10,14H2,1-3H3. The second kappa shape index (κ2) is 7.98. The average molecular weight is 288 g/mol. The lowest BCUT2D eigenvalue weighted by molar-refractivity contribution is 0.0726. The van der Waals surface area contributed by atoms with E-state index in [9.17, 15) is 5.11 Å². The molecular formula is C20H32O. The number of benzene rings is 1. The number of hydrogen-bond acceptors (Lipinski definition) is 1. The van der Waals surface area contributed by atoms with Gasteiger partial charge in [0, 0.05) is 0 Å². The van der Waals surface area contributed by atoms with Crippen molar-refractivity contribution in [1.29, 1.82) is 0 Å². The molecule has 1 saturated carbocycles. The molecule has 1 aliphatic carbocycles. The number of aliphatic hydroxyl groups is 1. The molecule has 1 aromatic rings. The van der Waals surface area contributed by atoms with Gasteiger partial charge in [-0.3, -0.25) is 0 Å². The van der Waals surface area contributed by atoms with E-state index >= 15 is 0 Å². The minimum atomic E-state index is -0.154. The van der Waals surface area contributed by atoms with Gasteiger partial charge in [-0.25, -0.2) is 0 Å². The zero-order valence-electron chi connectivity index (χ0n) is 14.1. The lowest BCUT2D eigenvalue weighted by Crippen LogP contribution is -2.27. The lowest BCUT2D eigenvalue weighted by Gasteiger charge is -2.31. The smallest absolute Gasteiger partial charge is 0.0608 e. The molecule has 0 radical (unpaired) electrons. The molecule has 1 aliphatic rings. The van der Waals surface area contributed by atoms with E-state index in [0.29, 0.717) is 5.92 Å². The van der Waals surface area contributed by atoms with Crippen LogP contribution in [0.3, 0.4) is 0 Å². The van der Waals surface area contributed by atoms with Gasteiger partial charge in [0.1, 0.15) is 0 Å². The summed E-state index contributed by atoms with van der Waals surface area (Å²) in [4.78, 5) is 0. The molecule has 1 atom stereocenters. The first-order valence-electron chi connectivity index (χ1n) is 8.83. The van der Waals surface area contributed by atoms with Crippen LogP contribution in [0.15, 0.2) is 18.2 Å². The third-order valence-corrected chi connectivity index (χ3v) is 5.13. The summed E-state index contributed by atoms with van der Waals surface area (Å²) < 4.78 is 0. The molecule has 0 aromatic heterocycles. The van der Waals surface area contributed by atoms with E-state index in [1.165, 1.54) is 61.6 Å². The number of aliphatic hydroxyl groups excluding tert-OH is 1. The quantitative estimate of drug-likeness (QED) is 0.762. The van der Waals surface area contributed by atoms with Crippen LogP contribution in [0.5, 0.6) is 0 Å². The third kappa shape index (κ3) is 5.14. The Balaban J connectivity index is 1.83. The van der Waals surface area contributed by atoms with E-state index in [4.69, 9.17) is 0 Å². The highest BCUT2D eigenvalue weighted by Crippen LogP contribution is 2.34. The van der Waals surface area contributed by atoms with E-state index < -0.39 is 0 Å². The highest BCUT2D eigenvalue weighted by atomic mass is 16.3. The summed E-state index contributed by atoms with van der Waals surface area (Å²) in [6.07, 6.45) is 9.86. The van der Waals surface area contributed by atoms with Gasteiger partial charge in [-0.1, -0.05) is 68.4 Å². The number of rotatable bonds is 6. The molecule has 0 saturated heterocycles. The summed E-state index contributed by atoms with van der Waals surface area (Å²) in [5.41, 5.74) is 3.91. The first-order chi connectivity index (χ1) is 10.1. The van der Waals surface area contributed by atoms with Gasteiger partial charge in [0.05, 0.1) is 6.10 Å². The summed E-state index contributed by atoms with van der Waals surface area (Å²) in [6.45, 7) is 6.56. The van der Waals surface area contributed by atoms with Crippen LogP contribution >= 0.6 is 0 Å². The molecule has 0 aliphatic heterocycles. The van der Waals surface area contributed by atoms with Crippen LogP contribution in [0.25, 0.3) is 0 Å². The Morgan fingerprint density at radius 3 is 2.24 bits per heavy atom. The van der Waals surface area contributed by atoms with Crippen LogP contribution in [0.1, 0.15) is 68.6 Å². The van der Waals surface area contributed by atoms with Crippen LogP contribution in [0.4, 0.5) is 0 Å². The van der Waals surface area contributed by atoms with Crippen LogP contribution in [0.2, 0.25) is 0 Å². The number of aryl methyl sites for hydroxylation is 2. The molecule has 0 spiro atoms. The summed E-state index contributed by atoms with van der Waals surface area (Å²) >= 11 is 0. The van der Waals surface area contributed by atoms with Crippen LogP contribution in [0, 0.1) is 25.7 Å². The molecule has 0 bridgehead atoms. The Bertz CT molecular complexity index is 409. The van der Waals surface area contributed by atoms with Gasteiger partial charge in [-0.2, -0.15) is 0 Å². The van der Waals surface area contributed by atoms with Gasteiger partial charge >= 0.3 is 0 Å². The van der Waals surface area contributed by atoms with Crippen molar-refractivity contribution in [1.82, 2.24) is 0 Å². The van der Waals surface area contributed by atoms with E-state index in [2.05, 4.69) is 39.0 Å². The van der Waals surface area contributed by atoms with E-state index in [0.717, 1.165) is 12.3 Å². The minimum Gasteiger partial charge on any atom is -0.392 e. The zero-order chi connectivity index (χ0) is 15.2. The predicted octanol–water partition coefficient (Wildman–Crippen LogP) is 5.20. The maximum absolute atomic E-state index is 10.6. The van der Waals surface area contributed by atoms with Crippen molar-refractivity contribution in [2.75, 3.05) is 0 Å². The van der Waals surface area contributed by atoms with Gasteiger partial charge < -0.3 is 5.11 Å². The highest BCUT2D eigenvalue weighted by molar-refractivity contribution is 5.29. The number of hydrogen-bond donors (Lipinski definition) is 1. The second-order valence-corrected chi connectivity index (χ2v) is 7.19. The van der Waals surface area contributed by atoms with Gasteiger partial charge in [0.25, 0.3) is 0 Å². The molecule has 1 nitrogen and oxygen atoms in total. The zero-order valence-corrected chi connectivity index (χ0v) is 14.1. The van der Waals surface area contributed by atoms with Crippen LogP contribution in [-0.2, 0) is 6.42 Å². The average Bonchev–Trinajstić information content (AvgIpc) is 2.44. The normalized spacial score (nSPS) is 24.0. The highest BCUT2D eigenvalue weighted by Gasteiger charge is 2.26. The molecule has 0 heterocycles. The Kier molecular flexibility index (Phi) is 6.29. The first kappa shape index (κ1) is 16.5. The molecule has 118 valence electrons. The monoisotopic (exact) mass is 288 g/mol. The summed E-state index contributed by atoms with van der Waals surface area (Å²) in [6, 6.07) is 6.65. The fourth-order valence-corrected chi connectivity index (χ4v) is 3.95.